The summed E-state index contributed by atoms with van der Waals surface area (Å²) in [5.74, 6) is 1.19. The fraction of sp³-hybridized carbons (Fsp3) is 0.286. The van der Waals surface area contributed by atoms with Crippen LogP contribution in [0.4, 0.5) is 0 Å². The molecule has 6 nitrogen and oxygen atoms in total. The number of nitrogens with zero attached hydrogens (tertiary/aromatic N) is 1. The summed E-state index contributed by atoms with van der Waals surface area (Å²) in [6.45, 7) is 6.49. The minimum atomic E-state index is -0.977. The number of hydrogen-bond donors (Lipinski definition) is 1. The number of methoxy groups -OCH3 is 1. The minimum Gasteiger partial charge on any atom is -0.493 e. The van der Waals surface area contributed by atoms with Crippen molar-refractivity contribution in [2.24, 2.45) is 0 Å². The van der Waals surface area contributed by atoms with Gasteiger partial charge in [0.15, 0.2) is 6.10 Å². The number of carbonyl (C=O) groups is 1. The number of carboxylic acids is 1. The van der Waals surface area contributed by atoms with Gasteiger partial charge in [0, 0.05) is 30.9 Å². The Morgan fingerprint density at radius 3 is 2.41 bits per heavy atom. The van der Waals surface area contributed by atoms with E-state index in [9.17, 15) is 9.90 Å². The first-order valence-corrected chi connectivity index (χ1v) is 11.3. The number of fused-ring (bicyclic) bond motifs is 1. The van der Waals surface area contributed by atoms with Crippen LogP contribution < -0.4 is 4.74 Å². The third-order valence-electron chi connectivity index (χ3n) is 5.90. The van der Waals surface area contributed by atoms with E-state index in [1.807, 2.05) is 43.3 Å². The summed E-state index contributed by atoms with van der Waals surface area (Å²) in [4.78, 5) is 16.1. The van der Waals surface area contributed by atoms with E-state index in [1.54, 1.807) is 0 Å². The summed E-state index contributed by atoms with van der Waals surface area (Å²) in [6, 6.07) is 17.9. The summed E-state index contributed by atoms with van der Waals surface area (Å²) < 4.78 is 17.2. The van der Waals surface area contributed by atoms with Crippen molar-refractivity contribution in [3.05, 3.63) is 82.7 Å². The highest BCUT2D eigenvalue weighted by atomic mass is 16.5. The molecule has 176 valence electrons. The quantitative estimate of drug-likeness (QED) is 0.347. The molecule has 0 aliphatic rings. The Kier molecular flexibility index (Phi) is 6.98. The molecular formula is C28H29NO5. The van der Waals surface area contributed by atoms with Gasteiger partial charge in [0.2, 0.25) is 5.89 Å². The molecule has 0 fully saturated rings. The topological polar surface area (TPSA) is 81.8 Å². The van der Waals surface area contributed by atoms with E-state index in [0.29, 0.717) is 18.9 Å². The first-order chi connectivity index (χ1) is 16.4. The largest absolute Gasteiger partial charge is 0.493 e. The van der Waals surface area contributed by atoms with Gasteiger partial charge in [0.1, 0.15) is 11.5 Å². The van der Waals surface area contributed by atoms with Crippen LogP contribution in [0.5, 0.6) is 5.75 Å². The zero-order valence-corrected chi connectivity index (χ0v) is 19.9. The summed E-state index contributed by atoms with van der Waals surface area (Å²) in [5, 5.41) is 11.2. The molecule has 0 bridgehead atoms. The van der Waals surface area contributed by atoms with E-state index in [-0.39, 0.29) is 6.42 Å². The molecule has 1 atom stereocenters. The van der Waals surface area contributed by atoms with E-state index in [0.717, 1.165) is 39.1 Å². The highest BCUT2D eigenvalue weighted by Gasteiger charge is 2.19. The number of carboxylic acid groups (broad SMARTS) is 1. The van der Waals surface area contributed by atoms with E-state index < -0.39 is 12.1 Å². The van der Waals surface area contributed by atoms with E-state index >= 15 is 0 Å². The van der Waals surface area contributed by atoms with Gasteiger partial charge in [-0.25, -0.2) is 9.78 Å². The molecule has 4 aromatic rings. The van der Waals surface area contributed by atoms with E-state index in [4.69, 9.17) is 18.9 Å². The number of aromatic nitrogens is 1. The van der Waals surface area contributed by atoms with Gasteiger partial charge in [-0.1, -0.05) is 47.5 Å². The van der Waals surface area contributed by atoms with Crippen LogP contribution in [-0.4, -0.2) is 35.9 Å². The van der Waals surface area contributed by atoms with Gasteiger partial charge in [-0.3, -0.25) is 0 Å². The van der Waals surface area contributed by atoms with Crippen molar-refractivity contribution in [3.63, 3.8) is 0 Å². The predicted molar refractivity (Wildman–Crippen MR) is 131 cm³/mol. The fourth-order valence-electron chi connectivity index (χ4n) is 4.25. The van der Waals surface area contributed by atoms with Crippen molar-refractivity contribution >= 4 is 16.7 Å². The lowest BCUT2D eigenvalue weighted by Crippen LogP contribution is -2.24. The van der Waals surface area contributed by atoms with Crippen molar-refractivity contribution < 1.29 is 23.8 Å². The van der Waals surface area contributed by atoms with Crippen molar-refractivity contribution in [3.8, 4) is 17.2 Å². The van der Waals surface area contributed by atoms with Gasteiger partial charge in [0.25, 0.3) is 0 Å². The molecule has 0 radical (unpaired) electrons. The Morgan fingerprint density at radius 1 is 1.03 bits per heavy atom. The van der Waals surface area contributed by atoms with Crippen LogP contribution in [-0.2, 0) is 22.4 Å². The van der Waals surface area contributed by atoms with Crippen molar-refractivity contribution in [2.45, 2.75) is 39.7 Å². The molecule has 4 rings (SSSR count). The standard InChI is InChI=1S/C28H29NO5/c1-17-13-18(2)15-21(14-17)27-29-24(19(3)34-27)11-12-33-25-10-9-20(16-26(32-4)28(30)31)22-7-5-6-8-23(22)25/h5-10,13-15,26H,11-12,16H2,1-4H3,(H,30,31)/t26-/m0/s1. The predicted octanol–water partition coefficient (Wildman–Crippen LogP) is 5.68. The summed E-state index contributed by atoms with van der Waals surface area (Å²) in [6.07, 6.45) is 0.00383. The fourth-order valence-corrected chi connectivity index (χ4v) is 4.25. The van der Waals surface area contributed by atoms with Gasteiger partial charge in [-0.05, 0) is 49.9 Å². The molecule has 6 heteroatoms. The lowest BCUT2D eigenvalue weighted by molar-refractivity contribution is -0.148. The van der Waals surface area contributed by atoms with Crippen LogP contribution in [0.3, 0.4) is 0 Å². The van der Waals surface area contributed by atoms with Gasteiger partial charge in [0.05, 0.1) is 12.3 Å². The van der Waals surface area contributed by atoms with Gasteiger partial charge in [-0.15, -0.1) is 0 Å². The van der Waals surface area contributed by atoms with Crippen LogP contribution in [0.1, 0.15) is 28.1 Å². The summed E-state index contributed by atoms with van der Waals surface area (Å²) in [7, 11) is 1.41. The van der Waals surface area contributed by atoms with E-state index in [1.165, 1.54) is 18.2 Å². The highest BCUT2D eigenvalue weighted by Crippen LogP contribution is 2.30. The van der Waals surface area contributed by atoms with Crippen LogP contribution in [0.15, 0.2) is 59.0 Å². The van der Waals surface area contributed by atoms with Crippen molar-refractivity contribution in [1.29, 1.82) is 0 Å². The molecule has 34 heavy (non-hydrogen) atoms. The molecule has 0 saturated carbocycles. The number of rotatable bonds is 9. The monoisotopic (exact) mass is 459 g/mol. The molecule has 1 aromatic heterocycles. The number of benzene rings is 3. The number of aliphatic carboxylic acids is 1. The second-order valence-corrected chi connectivity index (χ2v) is 8.53. The maximum absolute atomic E-state index is 11.4. The molecule has 0 saturated heterocycles. The maximum atomic E-state index is 11.4. The van der Waals surface area contributed by atoms with Gasteiger partial charge in [-0.2, -0.15) is 0 Å². The lowest BCUT2D eigenvalue weighted by Gasteiger charge is -2.15. The Hall–Kier alpha value is -3.64. The average molecular weight is 460 g/mol. The number of ether oxygens (including phenoxy) is 2. The Morgan fingerprint density at radius 2 is 1.74 bits per heavy atom. The lowest BCUT2D eigenvalue weighted by atomic mass is 9.99. The SMILES string of the molecule is CO[C@@H](Cc1ccc(OCCc2nc(-c3cc(C)cc(C)c3)oc2C)c2ccccc12)C(=O)O. The molecule has 1 heterocycles. The average Bonchev–Trinajstić information content (AvgIpc) is 3.18. The first kappa shape index (κ1) is 23.5. The molecule has 0 spiro atoms. The van der Waals surface area contributed by atoms with Crippen molar-refractivity contribution in [2.75, 3.05) is 13.7 Å². The minimum absolute atomic E-state index is 0.284. The first-order valence-electron chi connectivity index (χ1n) is 11.3. The number of hydrogen-bond acceptors (Lipinski definition) is 5. The third-order valence-corrected chi connectivity index (χ3v) is 5.90. The molecule has 0 aliphatic heterocycles. The van der Waals surface area contributed by atoms with Crippen molar-refractivity contribution in [1.82, 2.24) is 4.98 Å². The van der Waals surface area contributed by atoms with Crippen LogP contribution in [0, 0.1) is 20.8 Å². The zero-order chi connectivity index (χ0) is 24.2. The summed E-state index contributed by atoms with van der Waals surface area (Å²) in [5.41, 5.74) is 5.10. The van der Waals surface area contributed by atoms with Crippen LogP contribution >= 0.6 is 0 Å². The highest BCUT2D eigenvalue weighted by molar-refractivity contribution is 5.91. The Bertz CT molecular complexity index is 1300. The van der Waals surface area contributed by atoms with E-state index in [2.05, 4.69) is 32.0 Å². The second kappa shape index (κ2) is 10.1. The molecule has 0 unspecified atom stereocenters. The zero-order valence-electron chi connectivity index (χ0n) is 19.9. The van der Waals surface area contributed by atoms with Gasteiger partial charge >= 0.3 is 5.97 Å². The maximum Gasteiger partial charge on any atom is 0.333 e. The third kappa shape index (κ3) is 5.13. The second-order valence-electron chi connectivity index (χ2n) is 8.53. The molecule has 0 aliphatic carbocycles. The normalized spacial score (nSPS) is 12.1. The Balaban J connectivity index is 1.50. The number of oxazole rings is 1. The molecule has 1 N–H and O–H groups in total. The number of aryl methyl sites for hydroxylation is 3. The smallest absolute Gasteiger partial charge is 0.333 e. The van der Waals surface area contributed by atoms with Crippen LogP contribution in [0.25, 0.3) is 22.2 Å². The Labute approximate surface area is 199 Å². The van der Waals surface area contributed by atoms with Crippen LogP contribution in [0.2, 0.25) is 0 Å². The molecular weight excluding hydrogens is 430 g/mol. The molecule has 0 amide bonds. The van der Waals surface area contributed by atoms with Gasteiger partial charge < -0.3 is 19.0 Å². The molecule has 3 aromatic carbocycles. The summed E-state index contributed by atoms with van der Waals surface area (Å²) >= 11 is 0.